The minimum atomic E-state index is -0.305. The summed E-state index contributed by atoms with van der Waals surface area (Å²) >= 11 is 0. The summed E-state index contributed by atoms with van der Waals surface area (Å²) in [6.07, 6.45) is 0. The molecule has 25 heavy (non-hydrogen) atoms. The molecule has 0 unspecified atom stereocenters. The van der Waals surface area contributed by atoms with Gasteiger partial charge in [0.1, 0.15) is 0 Å². The second-order valence-corrected chi connectivity index (χ2v) is 5.00. The summed E-state index contributed by atoms with van der Waals surface area (Å²) in [5.74, 6) is 1.91. The maximum absolute atomic E-state index is 12.5. The molecule has 1 aromatic carbocycles. The summed E-state index contributed by atoms with van der Waals surface area (Å²) < 4.78 is 22.1. The van der Waals surface area contributed by atoms with Gasteiger partial charge in [-0.05, 0) is 32.9 Å². The predicted octanol–water partition coefficient (Wildman–Crippen LogP) is 2.50. The summed E-state index contributed by atoms with van der Waals surface area (Å²) in [6.45, 7) is 8.77. The van der Waals surface area contributed by atoms with Crippen molar-refractivity contribution in [1.82, 2.24) is 15.5 Å². The number of aryl methyl sites for hydroxylation is 1. The Morgan fingerprint density at radius 1 is 1.04 bits per heavy atom. The van der Waals surface area contributed by atoms with Gasteiger partial charge >= 0.3 is 0 Å². The van der Waals surface area contributed by atoms with Crippen molar-refractivity contribution < 1.29 is 23.4 Å². The lowest BCUT2D eigenvalue weighted by atomic mass is 10.1. The van der Waals surface area contributed by atoms with E-state index in [0.717, 1.165) is 0 Å². The Morgan fingerprint density at radius 3 is 2.12 bits per heavy atom. The third-order valence-corrected chi connectivity index (χ3v) is 3.14. The number of aromatic nitrogens is 2. The van der Waals surface area contributed by atoms with Crippen LogP contribution in [0.4, 0.5) is 0 Å². The van der Waals surface area contributed by atoms with Crippen molar-refractivity contribution in [2.75, 3.05) is 19.8 Å². The molecule has 0 bridgehead atoms. The van der Waals surface area contributed by atoms with Crippen LogP contribution in [0.1, 0.15) is 42.9 Å². The fourth-order valence-electron chi connectivity index (χ4n) is 2.19. The van der Waals surface area contributed by atoms with Crippen molar-refractivity contribution in [3.63, 3.8) is 0 Å². The van der Waals surface area contributed by atoms with E-state index in [1.54, 1.807) is 19.1 Å². The van der Waals surface area contributed by atoms with Gasteiger partial charge in [0, 0.05) is 12.5 Å². The Morgan fingerprint density at radius 2 is 1.64 bits per heavy atom. The van der Waals surface area contributed by atoms with E-state index in [9.17, 15) is 4.79 Å². The van der Waals surface area contributed by atoms with Crippen molar-refractivity contribution in [2.45, 2.75) is 34.2 Å². The van der Waals surface area contributed by atoms with Crippen LogP contribution in [0, 0.1) is 6.92 Å². The number of benzene rings is 1. The quantitative estimate of drug-likeness (QED) is 0.743. The molecule has 1 amide bonds. The molecule has 1 N–H and O–H groups in total. The first kappa shape index (κ1) is 18.6. The van der Waals surface area contributed by atoms with Gasteiger partial charge in [-0.2, -0.15) is 0 Å². The van der Waals surface area contributed by atoms with E-state index in [-0.39, 0.29) is 12.5 Å². The zero-order chi connectivity index (χ0) is 18.2. The summed E-state index contributed by atoms with van der Waals surface area (Å²) in [5, 5.41) is 10.3. The number of carbonyl (C=O) groups is 1. The molecule has 136 valence electrons. The second kappa shape index (κ2) is 8.91. The summed E-state index contributed by atoms with van der Waals surface area (Å²) in [5.41, 5.74) is 0.395. The van der Waals surface area contributed by atoms with Crippen molar-refractivity contribution in [3.05, 3.63) is 29.5 Å². The number of hydrogen-bond donors (Lipinski definition) is 1. The highest BCUT2D eigenvalue weighted by Gasteiger charge is 2.18. The minimum absolute atomic E-state index is 0.140. The molecule has 2 aromatic rings. The molecule has 0 saturated carbocycles. The summed E-state index contributed by atoms with van der Waals surface area (Å²) in [4.78, 5) is 12.5. The van der Waals surface area contributed by atoms with Crippen molar-refractivity contribution in [2.24, 2.45) is 0 Å². The monoisotopic (exact) mass is 349 g/mol. The van der Waals surface area contributed by atoms with E-state index < -0.39 is 0 Å². The Labute approximate surface area is 146 Å². The van der Waals surface area contributed by atoms with E-state index in [2.05, 4.69) is 15.5 Å². The molecule has 1 heterocycles. The van der Waals surface area contributed by atoms with Gasteiger partial charge in [0.25, 0.3) is 5.91 Å². The van der Waals surface area contributed by atoms with Crippen LogP contribution in [-0.2, 0) is 6.54 Å². The molecule has 2 rings (SSSR count). The highest BCUT2D eigenvalue weighted by atomic mass is 16.5. The number of ether oxygens (including phenoxy) is 3. The van der Waals surface area contributed by atoms with Crippen LogP contribution < -0.4 is 19.5 Å². The van der Waals surface area contributed by atoms with Gasteiger partial charge < -0.3 is 23.9 Å². The number of nitrogens with zero attached hydrogens (tertiary/aromatic N) is 2. The average molecular weight is 349 g/mol. The zero-order valence-corrected chi connectivity index (χ0v) is 14.9. The van der Waals surface area contributed by atoms with Gasteiger partial charge in [0.15, 0.2) is 11.5 Å². The molecule has 0 aliphatic heterocycles. The largest absolute Gasteiger partial charge is 0.490 e. The van der Waals surface area contributed by atoms with Gasteiger partial charge in [-0.15, -0.1) is 10.2 Å². The number of nitrogens with one attached hydrogen (secondary N) is 1. The van der Waals surface area contributed by atoms with Crippen molar-refractivity contribution in [1.29, 1.82) is 0 Å². The van der Waals surface area contributed by atoms with Crippen molar-refractivity contribution >= 4 is 5.91 Å². The molecule has 1 aromatic heterocycles. The predicted molar refractivity (Wildman–Crippen MR) is 90.2 cm³/mol. The zero-order valence-electron chi connectivity index (χ0n) is 14.9. The summed E-state index contributed by atoms with van der Waals surface area (Å²) in [7, 11) is 0. The summed E-state index contributed by atoms with van der Waals surface area (Å²) in [6, 6.07) is 3.26. The lowest BCUT2D eigenvalue weighted by Crippen LogP contribution is -2.23. The highest BCUT2D eigenvalue weighted by molar-refractivity contribution is 5.95. The Kier molecular flexibility index (Phi) is 6.62. The number of amides is 1. The van der Waals surface area contributed by atoms with E-state index >= 15 is 0 Å². The SMILES string of the molecule is CCOc1cc(C(=O)NCc2nnc(C)o2)cc(OCC)c1OCC. The van der Waals surface area contributed by atoms with E-state index in [1.807, 2.05) is 20.8 Å². The lowest BCUT2D eigenvalue weighted by Gasteiger charge is -2.17. The number of hydrogen-bond acceptors (Lipinski definition) is 7. The van der Waals surface area contributed by atoms with Gasteiger partial charge in [-0.1, -0.05) is 0 Å². The number of carbonyl (C=O) groups excluding carboxylic acids is 1. The topological polar surface area (TPSA) is 95.7 Å². The molecule has 8 heteroatoms. The maximum atomic E-state index is 12.5. The molecule has 0 aliphatic rings. The van der Waals surface area contributed by atoms with Gasteiger partial charge in [0.2, 0.25) is 17.5 Å². The van der Waals surface area contributed by atoms with Crippen molar-refractivity contribution in [3.8, 4) is 17.2 Å². The third-order valence-electron chi connectivity index (χ3n) is 3.14. The van der Waals surface area contributed by atoms with Crippen LogP contribution in [0.5, 0.6) is 17.2 Å². The van der Waals surface area contributed by atoms with Crippen LogP contribution in [0.25, 0.3) is 0 Å². The minimum Gasteiger partial charge on any atom is -0.490 e. The third kappa shape index (κ3) is 4.85. The van der Waals surface area contributed by atoms with Crippen LogP contribution in [-0.4, -0.2) is 35.9 Å². The first-order valence-electron chi connectivity index (χ1n) is 8.22. The molecule has 0 fully saturated rings. The molecule has 0 aliphatic carbocycles. The van der Waals surface area contributed by atoms with Crippen LogP contribution >= 0.6 is 0 Å². The molecular weight excluding hydrogens is 326 g/mol. The molecule has 0 radical (unpaired) electrons. The van der Waals surface area contributed by atoms with Gasteiger partial charge in [-0.3, -0.25) is 4.79 Å². The fraction of sp³-hybridized carbons (Fsp3) is 0.471. The fourth-order valence-corrected chi connectivity index (χ4v) is 2.19. The normalized spacial score (nSPS) is 10.4. The molecular formula is C17H23N3O5. The Bertz CT molecular complexity index is 687. The van der Waals surface area contributed by atoms with Crippen LogP contribution in [0.3, 0.4) is 0 Å². The smallest absolute Gasteiger partial charge is 0.251 e. The highest BCUT2D eigenvalue weighted by Crippen LogP contribution is 2.39. The van der Waals surface area contributed by atoms with Gasteiger partial charge in [0.05, 0.1) is 26.4 Å². The van der Waals surface area contributed by atoms with E-state index in [1.165, 1.54) is 0 Å². The van der Waals surface area contributed by atoms with E-state index in [0.29, 0.717) is 54.4 Å². The molecule has 8 nitrogen and oxygen atoms in total. The average Bonchev–Trinajstić information content (AvgIpc) is 3.01. The Hall–Kier alpha value is -2.77. The molecule has 0 atom stereocenters. The van der Waals surface area contributed by atoms with Crippen LogP contribution in [0.2, 0.25) is 0 Å². The first-order valence-corrected chi connectivity index (χ1v) is 8.22. The van der Waals surface area contributed by atoms with Crippen LogP contribution in [0.15, 0.2) is 16.5 Å². The van der Waals surface area contributed by atoms with Gasteiger partial charge in [-0.25, -0.2) is 0 Å². The standard InChI is InChI=1S/C17H23N3O5/c1-5-22-13-8-12(9-14(23-6-2)16(13)24-7-3)17(21)18-10-15-20-19-11(4)25-15/h8-9H,5-7,10H2,1-4H3,(H,18,21). The lowest BCUT2D eigenvalue weighted by molar-refractivity contribution is 0.0946. The maximum Gasteiger partial charge on any atom is 0.251 e. The second-order valence-electron chi connectivity index (χ2n) is 5.00. The Balaban J connectivity index is 2.24. The first-order chi connectivity index (χ1) is 12.1. The molecule has 0 saturated heterocycles. The van der Waals surface area contributed by atoms with E-state index in [4.69, 9.17) is 18.6 Å². The molecule has 0 spiro atoms. The number of rotatable bonds is 9.